The van der Waals surface area contributed by atoms with Gasteiger partial charge in [0.15, 0.2) is 11.6 Å². The van der Waals surface area contributed by atoms with E-state index in [9.17, 15) is 19.8 Å². The minimum Gasteiger partial charge on any atom is -0.393 e. The van der Waals surface area contributed by atoms with Gasteiger partial charge in [0, 0.05) is 18.8 Å². The molecule has 0 aromatic carbocycles. The van der Waals surface area contributed by atoms with Crippen LogP contribution in [0.25, 0.3) is 0 Å². The topological polar surface area (TPSA) is 74.6 Å². The Hall–Kier alpha value is -1.44. The summed E-state index contributed by atoms with van der Waals surface area (Å²) in [6, 6.07) is 0. The predicted molar refractivity (Wildman–Crippen MR) is 101 cm³/mol. The van der Waals surface area contributed by atoms with Crippen LogP contribution in [0.15, 0.2) is 11.6 Å². The molecule has 4 aliphatic rings. The number of Topliss-reactive ketones (excluding diaryl/α,β-unsaturated/α-hetero) is 1. The van der Waals surface area contributed by atoms with Crippen molar-refractivity contribution in [3.8, 4) is 12.3 Å². The number of hydrogen-bond donors (Lipinski definition) is 2. The Balaban J connectivity index is 1.74. The first-order valence-corrected chi connectivity index (χ1v) is 10.4. The molecule has 27 heavy (non-hydrogen) atoms. The molecule has 146 valence electrons. The summed E-state index contributed by atoms with van der Waals surface area (Å²) in [6.07, 6.45) is 13.0. The van der Waals surface area contributed by atoms with Gasteiger partial charge in [-0.05, 0) is 73.2 Å². The highest BCUT2D eigenvalue weighted by atomic mass is 16.3. The molecular weight excluding hydrogens is 340 g/mol. The second-order valence-corrected chi connectivity index (χ2v) is 9.53. The number of aliphatic hydroxyl groups is 2. The monoisotopic (exact) mass is 370 g/mol. The zero-order valence-electron chi connectivity index (χ0n) is 16.1. The normalized spacial score (nSPS) is 45.9. The predicted octanol–water partition coefficient (Wildman–Crippen LogP) is 2.67. The maximum atomic E-state index is 12.5. The molecular formula is C23H30O4. The van der Waals surface area contributed by atoms with E-state index in [1.807, 2.05) is 6.08 Å². The average molecular weight is 370 g/mol. The van der Waals surface area contributed by atoms with Crippen molar-refractivity contribution in [1.29, 1.82) is 0 Å². The Labute approximate surface area is 161 Å². The highest BCUT2D eigenvalue weighted by Crippen LogP contribution is 2.67. The molecule has 4 heteroatoms. The lowest BCUT2D eigenvalue weighted by molar-refractivity contribution is -0.149. The number of terminal acetylenes is 1. The number of rotatable bonds is 3. The number of ketones is 2. The van der Waals surface area contributed by atoms with E-state index in [0.717, 1.165) is 32.1 Å². The van der Waals surface area contributed by atoms with Crippen LogP contribution in [0.4, 0.5) is 0 Å². The number of carbonyl (C=O) groups excluding carboxylic acids is 2. The van der Waals surface area contributed by atoms with Crippen molar-refractivity contribution < 1.29 is 19.8 Å². The lowest BCUT2D eigenvalue weighted by atomic mass is 9.45. The number of carbonyl (C=O) groups is 2. The first-order valence-electron chi connectivity index (χ1n) is 10.4. The minimum atomic E-state index is -0.520. The fourth-order valence-corrected chi connectivity index (χ4v) is 7.59. The van der Waals surface area contributed by atoms with E-state index in [2.05, 4.69) is 12.8 Å². The van der Waals surface area contributed by atoms with Crippen molar-refractivity contribution >= 4 is 11.6 Å². The van der Waals surface area contributed by atoms with E-state index in [1.54, 1.807) is 0 Å². The maximum Gasteiger partial charge on any atom is 0.161 e. The third-order valence-corrected chi connectivity index (χ3v) is 8.60. The van der Waals surface area contributed by atoms with Crippen LogP contribution in [-0.2, 0) is 9.59 Å². The Bertz CT molecular complexity index is 731. The second kappa shape index (κ2) is 6.57. The smallest absolute Gasteiger partial charge is 0.161 e. The maximum absolute atomic E-state index is 12.5. The molecule has 3 fully saturated rings. The lowest BCUT2D eigenvalue weighted by Gasteiger charge is -2.60. The van der Waals surface area contributed by atoms with Gasteiger partial charge in [0.2, 0.25) is 0 Å². The summed E-state index contributed by atoms with van der Waals surface area (Å²) in [4.78, 5) is 24.4. The average Bonchev–Trinajstić information content (AvgIpc) is 3.00. The molecule has 0 aromatic heterocycles. The SMILES string of the molecule is C#CC[C@]12C[C@H](O)[C@H]3[C@@H](CCC4=CC(=O)CC[C@@]43C)[C@@H]1CC[C@@H]2C(=O)CO. The summed E-state index contributed by atoms with van der Waals surface area (Å²) >= 11 is 0. The lowest BCUT2D eigenvalue weighted by Crippen LogP contribution is -2.57. The summed E-state index contributed by atoms with van der Waals surface area (Å²) < 4.78 is 0. The van der Waals surface area contributed by atoms with E-state index in [-0.39, 0.29) is 34.2 Å². The van der Waals surface area contributed by atoms with E-state index in [4.69, 9.17) is 6.42 Å². The van der Waals surface area contributed by atoms with Gasteiger partial charge in [0.25, 0.3) is 0 Å². The van der Waals surface area contributed by atoms with Crippen LogP contribution < -0.4 is 0 Å². The molecule has 0 saturated heterocycles. The van der Waals surface area contributed by atoms with Gasteiger partial charge in [-0.15, -0.1) is 12.3 Å². The van der Waals surface area contributed by atoms with E-state index < -0.39 is 12.7 Å². The molecule has 0 aliphatic heterocycles. The third kappa shape index (κ3) is 2.58. The van der Waals surface area contributed by atoms with E-state index in [0.29, 0.717) is 31.1 Å². The van der Waals surface area contributed by atoms with Crippen molar-refractivity contribution in [2.24, 2.45) is 34.5 Å². The first-order chi connectivity index (χ1) is 12.9. The Morgan fingerprint density at radius 3 is 2.81 bits per heavy atom. The largest absolute Gasteiger partial charge is 0.393 e. The first kappa shape index (κ1) is 18.9. The summed E-state index contributed by atoms with van der Waals surface area (Å²) in [6.45, 7) is 1.78. The Morgan fingerprint density at radius 1 is 1.33 bits per heavy atom. The molecule has 4 nitrogen and oxygen atoms in total. The van der Waals surface area contributed by atoms with Gasteiger partial charge < -0.3 is 10.2 Å². The van der Waals surface area contributed by atoms with Crippen LogP contribution in [-0.4, -0.2) is 34.5 Å². The quantitative estimate of drug-likeness (QED) is 0.749. The van der Waals surface area contributed by atoms with Crippen molar-refractivity contribution in [3.05, 3.63) is 11.6 Å². The van der Waals surface area contributed by atoms with Crippen molar-refractivity contribution in [2.75, 3.05) is 6.61 Å². The number of fused-ring (bicyclic) bond motifs is 5. The molecule has 4 rings (SSSR count). The van der Waals surface area contributed by atoms with Gasteiger partial charge in [-0.25, -0.2) is 0 Å². The van der Waals surface area contributed by atoms with Gasteiger partial charge in [-0.2, -0.15) is 0 Å². The van der Waals surface area contributed by atoms with Gasteiger partial charge >= 0.3 is 0 Å². The standard InChI is InChI=1S/C23H30O4/c1-3-9-23-12-19(26)21-16(17(23)6-7-18(23)20(27)13-24)5-4-14-11-15(25)8-10-22(14,21)2/h1,11,16-19,21,24,26H,4-10,12-13H2,2H3/t16-,17-,18+,19-,21+,22-,23-/m0/s1. The molecule has 4 aliphatic carbocycles. The molecule has 0 spiro atoms. The molecule has 0 unspecified atom stereocenters. The molecule has 0 heterocycles. The highest BCUT2D eigenvalue weighted by molar-refractivity contribution is 5.91. The number of aliphatic hydroxyl groups excluding tert-OH is 2. The zero-order valence-corrected chi connectivity index (χ0v) is 16.1. The number of hydrogen-bond acceptors (Lipinski definition) is 4. The van der Waals surface area contributed by atoms with Gasteiger partial charge in [0.1, 0.15) is 6.61 Å². The van der Waals surface area contributed by atoms with Crippen molar-refractivity contribution in [2.45, 2.75) is 64.4 Å². The second-order valence-electron chi connectivity index (χ2n) is 9.53. The summed E-state index contributed by atoms with van der Waals surface area (Å²) in [5.74, 6) is 3.42. The minimum absolute atomic E-state index is 0.121. The van der Waals surface area contributed by atoms with Crippen LogP contribution in [0, 0.1) is 46.8 Å². The van der Waals surface area contributed by atoms with E-state index >= 15 is 0 Å². The van der Waals surface area contributed by atoms with Crippen molar-refractivity contribution in [3.63, 3.8) is 0 Å². The van der Waals surface area contributed by atoms with Gasteiger partial charge in [0.05, 0.1) is 6.10 Å². The molecule has 0 bridgehead atoms. The van der Waals surface area contributed by atoms with Crippen LogP contribution in [0.5, 0.6) is 0 Å². The summed E-state index contributed by atoms with van der Waals surface area (Å²) in [7, 11) is 0. The van der Waals surface area contributed by atoms with Crippen LogP contribution in [0.3, 0.4) is 0 Å². The molecule has 0 amide bonds. The van der Waals surface area contributed by atoms with Gasteiger partial charge in [-0.1, -0.05) is 12.5 Å². The summed E-state index contributed by atoms with van der Waals surface area (Å²) in [5, 5.41) is 20.8. The molecule has 0 aromatic rings. The molecule has 7 atom stereocenters. The third-order valence-electron chi connectivity index (χ3n) is 8.60. The van der Waals surface area contributed by atoms with E-state index in [1.165, 1.54) is 5.57 Å². The van der Waals surface area contributed by atoms with Gasteiger partial charge in [-0.3, -0.25) is 9.59 Å². The van der Waals surface area contributed by atoms with Crippen LogP contribution >= 0.6 is 0 Å². The highest BCUT2D eigenvalue weighted by Gasteiger charge is 2.64. The van der Waals surface area contributed by atoms with Crippen LogP contribution in [0.2, 0.25) is 0 Å². The number of allylic oxidation sites excluding steroid dienone is 1. The summed E-state index contributed by atoms with van der Waals surface area (Å²) in [5.41, 5.74) is 0.707. The fourth-order valence-electron chi connectivity index (χ4n) is 7.59. The van der Waals surface area contributed by atoms with Crippen LogP contribution in [0.1, 0.15) is 58.3 Å². The molecule has 3 saturated carbocycles. The van der Waals surface area contributed by atoms with Crippen molar-refractivity contribution in [1.82, 2.24) is 0 Å². The fraction of sp³-hybridized carbons (Fsp3) is 0.739. The molecule has 2 N–H and O–H groups in total. The molecule has 0 radical (unpaired) electrons. The Kier molecular flexibility index (Phi) is 4.60. The zero-order chi connectivity index (χ0) is 19.4. The Morgan fingerprint density at radius 2 is 2.11 bits per heavy atom.